The number of aromatic nitrogens is 2. The highest BCUT2D eigenvalue weighted by Gasteiger charge is 2.22. The predicted octanol–water partition coefficient (Wildman–Crippen LogP) is 2.99. The van der Waals surface area contributed by atoms with E-state index in [1.807, 2.05) is 12.1 Å². The molecule has 0 aromatic carbocycles. The van der Waals surface area contributed by atoms with Gasteiger partial charge in [0.1, 0.15) is 5.76 Å². The van der Waals surface area contributed by atoms with E-state index in [2.05, 4.69) is 26.1 Å². The lowest BCUT2D eigenvalue weighted by atomic mass is 10.2. The van der Waals surface area contributed by atoms with Crippen LogP contribution in [-0.4, -0.2) is 33.4 Å². The summed E-state index contributed by atoms with van der Waals surface area (Å²) in [6.07, 6.45) is 5.81. The van der Waals surface area contributed by atoms with E-state index in [9.17, 15) is 9.59 Å². The zero-order chi connectivity index (χ0) is 18.4. The zero-order valence-electron chi connectivity index (χ0n) is 14.4. The van der Waals surface area contributed by atoms with Crippen LogP contribution < -0.4 is 16.0 Å². The Morgan fingerprint density at radius 3 is 2.92 bits per heavy atom. The third-order valence-corrected chi connectivity index (χ3v) is 6.04. The van der Waals surface area contributed by atoms with Crippen LogP contribution in [0.5, 0.6) is 0 Å². The van der Waals surface area contributed by atoms with E-state index in [4.69, 9.17) is 4.42 Å². The number of hydrogen-bond donors (Lipinski definition) is 3. The molecular formula is C16H21N5O3S2. The summed E-state index contributed by atoms with van der Waals surface area (Å²) in [5.41, 5.74) is 0. The Kier molecular flexibility index (Phi) is 6.51. The van der Waals surface area contributed by atoms with Gasteiger partial charge in [0.05, 0.1) is 18.1 Å². The van der Waals surface area contributed by atoms with Gasteiger partial charge in [-0.3, -0.25) is 10.1 Å². The molecule has 3 rings (SSSR count). The number of carbonyl (C=O) groups excluding carboxylic acids is 2. The Morgan fingerprint density at radius 1 is 1.38 bits per heavy atom. The molecule has 3 amide bonds. The van der Waals surface area contributed by atoms with Gasteiger partial charge >= 0.3 is 6.03 Å². The second-order valence-electron chi connectivity index (χ2n) is 6.01. The Morgan fingerprint density at radius 2 is 2.19 bits per heavy atom. The first-order valence-corrected chi connectivity index (χ1v) is 10.2. The third-order valence-electron chi connectivity index (χ3n) is 3.97. The van der Waals surface area contributed by atoms with Gasteiger partial charge in [-0.25, -0.2) is 4.79 Å². The van der Waals surface area contributed by atoms with Gasteiger partial charge in [0, 0.05) is 6.04 Å². The first kappa shape index (κ1) is 18.7. The number of nitrogens with one attached hydrogen (secondary N) is 3. The Labute approximate surface area is 159 Å². The molecule has 1 fully saturated rings. The van der Waals surface area contributed by atoms with Crippen LogP contribution in [0.2, 0.25) is 0 Å². The maximum Gasteiger partial charge on any atom is 0.321 e. The number of imide groups is 1. The van der Waals surface area contributed by atoms with Crippen LogP contribution >= 0.6 is 23.1 Å². The predicted molar refractivity (Wildman–Crippen MR) is 100 cm³/mol. The number of nitrogens with zero attached hydrogens (tertiary/aromatic N) is 2. The fourth-order valence-corrected chi connectivity index (χ4v) is 4.51. The maximum absolute atomic E-state index is 12.2. The van der Waals surface area contributed by atoms with Gasteiger partial charge < -0.3 is 15.1 Å². The number of furan rings is 1. The molecule has 2 aromatic heterocycles. The quantitative estimate of drug-likeness (QED) is 0.618. The van der Waals surface area contributed by atoms with Crippen molar-refractivity contribution in [2.24, 2.45) is 0 Å². The highest BCUT2D eigenvalue weighted by Crippen LogP contribution is 2.29. The van der Waals surface area contributed by atoms with Crippen LogP contribution in [0.25, 0.3) is 0 Å². The van der Waals surface area contributed by atoms with Gasteiger partial charge in [0.15, 0.2) is 4.34 Å². The number of hydrogen-bond acceptors (Lipinski definition) is 8. The Bertz CT molecular complexity index is 728. The van der Waals surface area contributed by atoms with Crippen molar-refractivity contribution in [3.05, 3.63) is 24.2 Å². The Hall–Kier alpha value is -2.07. The molecule has 0 saturated heterocycles. The smallest absolute Gasteiger partial charge is 0.321 e. The minimum Gasteiger partial charge on any atom is -0.467 e. The minimum absolute atomic E-state index is 0.178. The van der Waals surface area contributed by atoms with Gasteiger partial charge in [-0.05, 0) is 31.9 Å². The number of thioether (sulfide) groups is 1. The second-order valence-corrected chi connectivity index (χ2v) is 8.58. The summed E-state index contributed by atoms with van der Waals surface area (Å²) in [7, 11) is 0. The highest BCUT2D eigenvalue weighted by atomic mass is 32.2. The highest BCUT2D eigenvalue weighted by molar-refractivity contribution is 8.02. The van der Waals surface area contributed by atoms with Crippen molar-refractivity contribution in [3.63, 3.8) is 0 Å². The molecule has 8 nitrogen and oxygen atoms in total. The molecule has 1 aliphatic rings. The van der Waals surface area contributed by atoms with Crippen molar-refractivity contribution in [2.45, 2.75) is 54.8 Å². The van der Waals surface area contributed by atoms with Gasteiger partial charge in [0.2, 0.25) is 11.0 Å². The third kappa shape index (κ3) is 5.46. The lowest BCUT2D eigenvalue weighted by molar-refractivity contribution is -0.119. The van der Waals surface area contributed by atoms with E-state index >= 15 is 0 Å². The van der Waals surface area contributed by atoms with Crippen LogP contribution in [0.3, 0.4) is 0 Å². The number of rotatable bonds is 7. The van der Waals surface area contributed by atoms with Gasteiger partial charge in [-0.15, -0.1) is 10.2 Å². The Balaban J connectivity index is 1.42. The summed E-state index contributed by atoms with van der Waals surface area (Å²) in [5.74, 6) is 0.459. The fraction of sp³-hybridized carbons (Fsp3) is 0.500. The van der Waals surface area contributed by atoms with Crippen molar-refractivity contribution < 1.29 is 14.0 Å². The van der Waals surface area contributed by atoms with E-state index in [0.29, 0.717) is 16.0 Å². The summed E-state index contributed by atoms with van der Waals surface area (Å²) in [6, 6.07) is 3.44. The molecule has 0 spiro atoms. The first-order chi connectivity index (χ1) is 12.6. The summed E-state index contributed by atoms with van der Waals surface area (Å²) in [5, 5.41) is 16.6. The van der Waals surface area contributed by atoms with Crippen molar-refractivity contribution in [1.29, 1.82) is 0 Å². The molecule has 10 heteroatoms. The number of anilines is 1. The van der Waals surface area contributed by atoms with E-state index < -0.39 is 11.3 Å². The molecule has 3 N–H and O–H groups in total. The lowest BCUT2D eigenvalue weighted by Crippen LogP contribution is -2.45. The fourth-order valence-electron chi connectivity index (χ4n) is 2.61. The summed E-state index contributed by atoms with van der Waals surface area (Å²) in [4.78, 5) is 24.0. The largest absolute Gasteiger partial charge is 0.467 e. The zero-order valence-corrected chi connectivity index (χ0v) is 16.0. The summed E-state index contributed by atoms with van der Waals surface area (Å²) in [6.45, 7) is 2.25. The van der Waals surface area contributed by atoms with Crippen molar-refractivity contribution in [2.75, 3.05) is 5.32 Å². The maximum atomic E-state index is 12.2. The topological polar surface area (TPSA) is 109 Å². The molecule has 2 heterocycles. The molecule has 1 aliphatic carbocycles. The molecule has 26 heavy (non-hydrogen) atoms. The SMILES string of the molecule is C[C@H](Sc1nnc(NCc2ccco2)s1)C(=O)NC(=O)NC1CCCC1. The van der Waals surface area contributed by atoms with Crippen LogP contribution in [0, 0.1) is 0 Å². The van der Waals surface area contributed by atoms with Crippen molar-refractivity contribution in [1.82, 2.24) is 20.8 Å². The van der Waals surface area contributed by atoms with Gasteiger partial charge in [-0.1, -0.05) is 35.9 Å². The normalized spacial score (nSPS) is 15.6. The van der Waals surface area contributed by atoms with E-state index in [1.54, 1.807) is 13.2 Å². The molecule has 0 bridgehead atoms. The molecule has 1 atom stereocenters. The number of amides is 3. The molecular weight excluding hydrogens is 374 g/mol. The molecule has 140 valence electrons. The van der Waals surface area contributed by atoms with Crippen molar-refractivity contribution in [3.8, 4) is 0 Å². The average Bonchev–Trinajstić information content (AvgIpc) is 3.36. The molecule has 0 aliphatic heterocycles. The first-order valence-electron chi connectivity index (χ1n) is 8.48. The summed E-state index contributed by atoms with van der Waals surface area (Å²) < 4.78 is 5.90. The van der Waals surface area contributed by atoms with Gasteiger partial charge in [0.25, 0.3) is 0 Å². The monoisotopic (exact) mass is 395 g/mol. The van der Waals surface area contributed by atoms with Crippen LogP contribution in [0.15, 0.2) is 27.2 Å². The lowest BCUT2D eigenvalue weighted by Gasteiger charge is -2.14. The summed E-state index contributed by atoms with van der Waals surface area (Å²) >= 11 is 2.62. The van der Waals surface area contributed by atoms with Crippen LogP contribution in [0.4, 0.5) is 9.93 Å². The minimum atomic E-state index is -0.449. The second kappa shape index (κ2) is 9.04. The molecule has 1 saturated carbocycles. The molecule has 0 radical (unpaired) electrons. The molecule has 2 aromatic rings. The number of carbonyl (C=O) groups is 2. The van der Waals surface area contributed by atoms with Gasteiger partial charge in [-0.2, -0.15) is 0 Å². The standard InChI is InChI=1S/C16H21N5O3S2/c1-10(13(22)19-14(23)18-11-5-2-3-6-11)25-16-21-20-15(26-16)17-9-12-7-4-8-24-12/h4,7-8,10-11H,2-3,5-6,9H2,1H3,(H,17,20)(H2,18,19,22,23)/t10-/m0/s1. The molecule has 0 unspecified atom stereocenters. The van der Waals surface area contributed by atoms with E-state index in [-0.39, 0.29) is 11.9 Å². The van der Waals surface area contributed by atoms with Crippen molar-refractivity contribution >= 4 is 40.2 Å². The van der Waals surface area contributed by atoms with Crippen LogP contribution in [-0.2, 0) is 11.3 Å². The van der Waals surface area contributed by atoms with E-state index in [1.165, 1.54) is 23.1 Å². The average molecular weight is 396 g/mol. The van der Waals surface area contributed by atoms with Crippen LogP contribution in [0.1, 0.15) is 38.4 Å². The number of urea groups is 1. The van der Waals surface area contributed by atoms with E-state index in [0.717, 1.165) is 31.4 Å².